The van der Waals surface area contributed by atoms with Gasteiger partial charge in [-0.1, -0.05) is 0 Å². The maximum atomic E-state index is 4.29. The average Bonchev–Trinajstić information content (AvgIpc) is 2.48. The van der Waals surface area contributed by atoms with Gasteiger partial charge in [-0.2, -0.15) is 5.10 Å². The molecule has 1 aliphatic heterocycles. The van der Waals surface area contributed by atoms with Crippen molar-refractivity contribution in [3.63, 3.8) is 0 Å². The molecule has 1 aromatic rings. The Morgan fingerprint density at radius 3 is 2.86 bits per heavy atom. The summed E-state index contributed by atoms with van der Waals surface area (Å²) in [5.41, 5.74) is 2.62. The van der Waals surface area contributed by atoms with Crippen molar-refractivity contribution in [1.29, 1.82) is 0 Å². The van der Waals surface area contributed by atoms with Gasteiger partial charge in [0.25, 0.3) is 0 Å². The third-order valence-electron chi connectivity index (χ3n) is 3.00. The summed E-state index contributed by atoms with van der Waals surface area (Å²) in [6.45, 7) is 5.35. The molecule has 2 rings (SSSR count). The molecular weight excluding hydrogens is 176 g/mol. The second kappa shape index (κ2) is 3.71. The highest BCUT2D eigenvalue weighted by atomic mass is 15.3. The van der Waals surface area contributed by atoms with Crippen molar-refractivity contribution in [2.24, 2.45) is 7.05 Å². The van der Waals surface area contributed by atoms with Crippen LogP contribution in [0, 0.1) is 6.92 Å². The number of aromatic nitrogens is 2. The van der Waals surface area contributed by atoms with Crippen LogP contribution in [0.5, 0.6) is 0 Å². The number of piperazine rings is 1. The SMILES string of the molecule is Cc1cnn(C)c1C1CNCCN1C. The zero-order valence-electron chi connectivity index (χ0n) is 9.12. The molecule has 0 amide bonds. The van der Waals surface area contributed by atoms with Crippen LogP contribution in [0.2, 0.25) is 0 Å². The first kappa shape index (κ1) is 9.68. The Balaban J connectivity index is 2.28. The Morgan fingerprint density at radius 2 is 2.29 bits per heavy atom. The maximum absolute atomic E-state index is 4.29. The molecule has 0 aromatic carbocycles. The van der Waals surface area contributed by atoms with E-state index in [9.17, 15) is 0 Å². The molecule has 2 heterocycles. The fourth-order valence-corrected chi connectivity index (χ4v) is 2.15. The fourth-order valence-electron chi connectivity index (χ4n) is 2.15. The molecule has 4 nitrogen and oxygen atoms in total. The minimum atomic E-state index is 0.469. The van der Waals surface area contributed by atoms with Gasteiger partial charge in [0, 0.05) is 26.7 Å². The first-order valence-corrected chi connectivity index (χ1v) is 5.09. The maximum Gasteiger partial charge on any atom is 0.0644 e. The summed E-state index contributed by atoms with van der Waals surface area (Å²) in [7, 11) is 4.20. The second-order valence-corrected chi connectivity index (χ2v) is 4.04. The normalized spacial score (nSPS) is 24.1. The van der Waals surface area contributed by atoms with Crippen LogP contribution in [0.25, 0.3) is 0 Å². The van der Waals surface area contributed by atoms with Crippen LogP contribution in [0.4, 0.5) is 0 Å². The van der Waals surface area contributed by atoms with Crippen LogP contribution in [0.3, 0.4) is 0 Å². The Kier molecular flexibility index (Phi) is 2.56. The van der Waals surface area contributed by atoms with E-state index >= 15 is 0 Å². The van der Waals surface area contributed by atoms with E-state index < -0.39 is 0 Å². The van der Waals surface area contributed by atoms with Crippen molar-refractivity contribution in [3.05, 3.63) is 17.5 Å². The molecule has 0 saturated carbocycles. The van der Waals surface area contributed by atoms with Crippen LogP contribution in [-0.2, 0) is 7.05 Å². The van der Waals surface area contributed by atoms with Gasteiger partial charge >= 0.3 is 0 Å². The quantitative estimate of drug-likeness (QED) is 0.698. The summed E-state index contributed by atoms with van der Waals surface area (Å²) >= 11 is 0. The van der Waals surface area contributed by atoms with Crippen molar-refractivity contribution in [2.45, 2.75) is 13.0 Å². The van der Waals surface area contributed by atoms with Crippen molar-refractivity contribution >= 4 is 0 Å². The smallest absolute Gasteiger partial charge is 0.0644 e. The minimum absolute atomic E-state index is 0.469. The van der Waals surface area contributed by atoms with Gasteiger partial charge in [-0.15, -0.1) is 0 Å². The third kappa shape index (κ3) is 1.55. The van der Waals surface area contributed by atoms with Crippen molar-refractivity contribution < 1.29 is 0 Å². The lowest BCUT2D eigenvalue weighted by Gasteiger charge is -2.33. The van der Waals surface area contributed by atoms with Crippen molar-refractivity contribution in [3.8, 4) is 0 Å². The molecule has 1 unspecified atom stereocenters. The fraction of sp³-hybridized carbons (Fsp3) is 0.700. The first-order valence-electron chi connectivity index (χ1n) is 5.09. The molecule has 1 N–H and O–H groups in total. The Labute approximate surface area is 84.9 Å². The highest BCUT2D eigenvalue weighted by Crippen LogP contribution is 2.22. The monoisotopic (exact) mass is 194 g/mol. The molecule has 1 aliphatic rings. The van der Waals surface area contributed by atoms with E-state index in [1.807, 2.05) is 17.9 Å². The number of likely N-dealkylation sites (N-methyl/N-ethyl adjacent to an activating group) is 1. The summed E-state index contributed by atoms with van der Waals surface area (Å²) < 4.78 is 1.99. The summed E-state index contributed by atoms with van der Waals surface area (Å²) in [5.74, 6) is 0. The van der Waals surface area contributed by atoms with Gasteiger partial charge < -0.3 is 5.32 Å². The van der Waals surface area contributed by atoms with Gasteiger partial charge in [0.1, 0.15) is 0 Å². The first-order chi connectivity index (χ1) is 6.70. The number of hydrogen-bond donors (Lipinski definition) is 1. The molecule has 14 heavy (non-hydrogen) atoms. The van der Waals surface area contributed by atoms with Gasteiger partial charge in [0.15, 0.2) is 0 Å². The summed E-state index contributed by atoms with van der Waals surface area (Å²) in [6.07, 6.45) is 1.94. The van der Waals surface area contributed by atoms with Crippen molar-refractivity contribution in [2.75, 3.05) is 26.7 Å². The lowest BCUT2D eigenvalue weighted by atomic mass is 10.1. The summed E-state index contributed by atoms with van der Waals surface area (Å²) in [6, 6.07) is 0.469. The Morgan fingerprint density at radius 1 is 1.50 bits per heavy atom. The van der Waals surface area contributed by atoms with E-state index in [4.69, 9.17) is 0 Å². The summed E-state index contributed by atoms with van der Waals surface area (Å²) in [4.78, 5) is 2.39. The summed E-state index contributed by atoms with van der Waals surface area (Å²) in [5, 5.41) is 7.71. The molecule has 0 bridgehead atoms. The average molecular weight is 194 g/mol. The molecule has 0 spiro atoms. The predicted molar refractivity (Wildman–Crippen MR) is 56.2 cm³/mol. The Bertz CT molecular complexity index is 298. The molecule has 1 atom stereocenters. The molecule has 1 fully saturated rings. The van der Waals surface area contributed by atoms with E-state index in [2.05, 4.69) is 29.3 Å². The van der Waals surface area contributed by atoms with Gasteiger partial charge in [0.2, 0.25) is 0 Å². The molecular formula is C10H18N4. The lowest BCUT2D eigenvalue weighted by molar-refractivity contribution is 0.193. The number of nitrogens with one attached hydrogen (secondary N) is 1. The van der Waals surface area contributed by atoms with Gasteiger partial charge in [-0.3, -0.25) is 9.58 Å². The minimum Gasteiger partial charge on any atom is -0.313 e. The standard InChI is InChI=1S/C10H18N4/c1-8-6-12-14(3)10(8)9-7-11-4-5-13(9)2/h6,9,11H,4-5,7H2,1-3H3. The Hall–Kier alpha value is -0.870. The third-order valence-corrected chi connectivity index (χ3v) is 3.00. The highest BCUT2D eigenvalue weighted by Gasteiger charge is 2.24. The lowest BCUT2D eigenvalue weighted by Crippen LogP contribution is -2.44. The molecule has 0 aliphatic carbocycles. The van der Waals surface area contributed by atoms with Crippen LogP contribution >= 0.6 is 0 Å². The van der Waals surface area contributed by atoms with Crippen molar-refractivity contribution in [1.82, 2.24) is 20.0 Å². The van der Waals surface area contributed by atoms with E-state index in [-0.39, 0.29) is 0 Å². The molecule has 78 valence electrons. The van der Waals surface area contributed by atoms with E-state index in [1.54, 1.807) is 0 Å². The largest absolute Gasteiger partial charge is 0.313 e. The van der Waals surface area contributed by atoms with Crippen LogP contribution in [0.1, 0.15) is 17.3 Å². The number of nitrogens with zero attached hydrogens (tertiary/aromatic N) is 3. The number of aryl methyl sites for hydroxylation is 2. The number of hydrogen-bond acceptors (Lipinski definition) is 3. The topological polar surface area (TPSA) is 33.1 Å². The van der Waals surface area contributed by atoms with Crippen LogP contribution in [0.15, 0.2) is 6.20 Å². The molecule has 1 aromatic heterocycles. The van der Waals surface area contributed by atoms with E-state index in [1.165, 1.54) is 11.3 Å². The van der Waals surface area contributed by atoms with Crippen LogP contribution < -0.4 is 5.32 Å². The molecule has 4 heteroatoms. The zero-order chi connectivity index (χ0) is 10.1. The van der Waals surface area contributed by atoms with Crippen LogP contribution in [-0.4, -0.2) is 41.4 Å². The van der Waals surface area contributed by atoms with E-state index in [0.717, 1.165) is 19.6 Å². The molecule has 1 saturated heterocycles. The number of rotatable bonds is 1. The van der Waals surface area contributed by atoms with Gasteiger partial charge in [-0.25, -0.2) is 0 Å². The van der Waals surface area contributed by atoms with Gasteiger partial charge in [-0.05, 0) is 19.5 Å². The molecule has 0 radical (unpaired) electrons. The second-order valence-electron chi connectivity index (χ2n) is 4.04. The highest BCUT2D eigenvalue weighted by molar-refractivity contribution is 5.20. The van der Waals surface area contributed by atoms with Gasteiger partial charge in [0.05, 0.1) is 17.9 Å². The van der Waals surface area contributed by atoms with E-state index in [0.29, 0.717) is 6.04 Å². The zero-order valence-corrected chi connectivity index (χ0v) is 9.12. The predicted octanol–water partition coefficient (Wildman–Crippen LogP) is 0.305.